The van der Waals surface area contributed by atoms with E-state index in [0.717, 1.165) is 31.5 Å². The minimum atomic E-state index is -4.40. The van der Waals surface area contributed by atoms with Gasteiger partial charge in [0.25, 0.3) is 0 Å². The van der Waals surface area contributed by atoms with Crippen molar-refractivity contribution in [2.75, 3.05) is 27.3 Å². The number of alkyl halides is 4. The van der Waals surface area contributed by atoms with Crippen molar-refractivity contribution in [3.05, 3.63) is 23.5 Å². The van der Waals surface area contributed by atoms with E-state index in [2.05, 4.69) is 10.1 Å². The minimum Gasteiger partial charge on any atom is -0.496 e. The number of likely N-dealkylation sites (tertiary alicyclic amines) is 1. The summed E-state index contributed by atoms with van der Waals surface area (Å²) in [5.74, 6) is -6.21. The molecule has 0 spiro atoms. The first kappa shape index (κ1) is 24.2. The molecule has 0 aliphatic carbocycles. The third kappa shape index (κ3) is 5.84. The van der Waals surface area contributed by atoms with Crippen LogP contribution in [0.15, 0.2) is 12.1 Å². The Kier molecular flexibility index (Phi) is 8.75. The molecule has 1 heterocycles. The Bertz CT molecular complexity index is 678. The zero-order chi connectivity index (χ0) is 20.2. The van der Waals surface area contributed by atoms with E-state index < -0.39 is 30.5 Å². The van der Waals surface area contributed by atoms with Crippen LogP contribution in [0.3, 0.4) is 0 Å². The zero-order valence-electron chi connectivity index (χ0n) is 15.3. The minimum absolute atomic E-state index is 0. The van der Waals surface area contributed by atoms with Gasteiger partial charge in [-0.25, -0.2) is 13.2 Å². The lowest BCUT2D eigenvalue weighted by atomic mass is 10.1. The highest BCUT2D eigenvalue weighted by atomic mass is 35.5. The lowest BCUT2D eigenvalue weighted by molar-refractivity contribution is -0.148. The maximum atomic E-state index is 14.1. The van der Waals surface area contributed by atoms with Gasteiger partial charge in [-0.1, -0.05) is 0 Å². The summed E-state index contributed by atoms with van der Waals surface area (Å²) in [6, 6.07) is 1.67. The smallest absolute Gasteiger partial charge is 0.340 e. The van der Waals surface area contributed by atoms with Crippen molar-refractivity contribution in [2.24, 2.45) is 0 Å². The number of amides is 1. The number of ether oxygens (including phenoxy) is 2. The summed E-state index contributed by atoms with van der Waals surface area (Å²) in [5, 5.41) is 2.68. The Labute approximate surface area is 165 Å². The molecule has 1 aliphatic heterocycles. The van der Waals surface area contributed by atoms with E-state index in [4.69, 9.17) is 4.74 Å². The Morgan fingerprint density at radius 3 is 2.57 bits per heavy atom. The van der Waals surface area contributed by atoms with E-state index in [1.54, 1.807) is 0 Å². The van der Waals surface area contributed by atoms with E-state index in [0.29, 0.717) is 0 Å². The summed E-state index contributed by atoms with van der Waals surface area (Å²) in [6.07, 6.45) is -2.30. The largest absolute Gasteiger partial charge is 0.496 e. The molecule has 0 radical (unpaired) electrons. The van der Waals surface area contributed by atoms with Gasteiger partial charge >= 0.3 is 12.3 Å². The van der Waals surface area contributed by atoms with E-state index in [9.17, 15) is 26.7 Å². The van der Waals surface area contributed by atoms with E-state index in [1.807, 2.05) is 11.9 Å². The van der Waals surface area contributed by atoms with Crippen LogP contribution < -0.4 is 14.8 Å². The van der Waals surface area contributed by atoms with Crippen molar-refractivity contribution in [2.45, 2.75) is 37.8 Å². The molecule has 5 nitrogen and oxygen atoms in total. The van der Waals surface area contributed by atoms with Crippen LogP contribution in [0.1, 0.15) is 18.4 Å². The number of rotatable bonds is 8. The highest BCUT2D eigenvalue weighted by Crippen LogP contribution is 2.30. The fourth-order valence-electron chi connectivity index (χ4n) is 2.79. The van der Waals surface area contributed by atoms with Crippen LogP contribution >= 0.6 is 12.4 Å². The molecule has 1 saturated heterocycles. The van der Waals surface area contributed by atoms with Crippen LogP contribution in [-0.2, 0) is 11.3 Å². The van der Waals surface area contributed by atoms with Crippen LogP contribution in [0.4, 0.5) is 22.0 Å². The second kappa shape index (κ2) is 10.1. The molecule has 1 fully saturated rings. The second-order valence-corrected chi connectivity index (χ2v) is 6.30. The summed E-state index contributed by atoms with van der Waals surface area (Å²) in [5.41, 5.74) is 0.261. The third-order valence-electron chi connectivity index (χ3n) is 4.35. The number of methoxy groups -OCH3 is 1. The molecule has 0 saturated carbocycles. The summed E-state index contributed by atoms with van der Waals surface area (Å²) in [4.78, 5) is 14.1. The Balaban J connectivity index is 0.00000392. The Morgan fingerprint density at radius 2 is 2.04 bits per heavy atom. The van der Waals surface area contributed by atoms with Crippen LogP contribution in [-0.4, -0.2) is 56.5 Å². The van der Waals surface area contributed by atoms with Gasteiger partial charge < -0.3 is 14.8 Å². The lowest BCUT2D eigenvalue weighted by Crippen LogP contribution is -2.41. The number of hydrogen-bond acceptors (Lipinski definition) is 4. The van der Waals surface area contributed by atoms with Crippen molar-refractivity contribution >= 4 is 18.3 Å². The van der Waals surface area contributed by atoms with Gasteiger partial charge in [0.15, 0.2) is 18.2 Å². The first-order valence-corrected chi connectivity index (χ1v) is 8.29. The van der Waals surface area contributed by atoms with E-state index in [-0.39, 0.29) is 42.2 Å². The van der Waals surface area contributed by atoms with Gasteiger partial charge in [-0.05, 0) is 32.5 Å². The van der Waals surface area contributed by atoms with Gasteiger partial charge in [0, 0.05) is 18.2 Å². The Morgan fingerprint density at radius 1 is 1.36 bits per heavy atom. The number of nitrogens with one attached hydrogen (secondary N) is 1. The maximum absolute atomic E-state index is 14.1. The monoisotopic (exact) mass is 432 g/mol. The summed E-state index contributed by atoms with van der Waals surface area (Å²) < 4.78 is 73.9. The molecule has 1 aliphatic rings. The first-order chi connectivity index (χ1) is 12.7. The SMILES string of the molecule is COc1cc(OCC(F)(F)C(F)F)c(F)cc1CNC(=O)C1CCCN1C.Cl. The average Bonchev–Trinajstić information content (AvgIpc) is 3.04. The average molecular weight is 433 g/mol. The van der Waals surface area contributed by atoms with Gasteiger partial charge in [-0.15, -0.1) is 12.4 Å². The number of hydrogen-bond donors (Lipinski definition) is 1. The predicted molar refractivity (Wildman–Crippen MR) is 94.1 cm³/mol. The van der Waals surface area contributed by atoms with E-state index in [1.165, 1.54) is 7.11 Å². The van der Waals surface area contributed by atoms with Crippen molar-refractivity contribution in [3.63, 3.8) is 0 Å². The standard InChI is InChI=1S/C17H21F5N2O3.ClH/c1-24-5-3-4-12(24)15(25)23-8-10-6-11(18)14(7-13(10)26-2)27-9-17(21,22)16(19)20;/h6-7,12,16H,3-5,8-9H2,1-2H3,(H,23,25);1H. The molecule has 28 heavy (non-hydrogen) atoms. The molecule has 1 unspecified atom stereocenters. The molecule has 11 heteroatoms. The molecular weight excluding hydrogens is 411 g/mol. The number of carbonyl (C=O) groups excluding carboxylic acids is 1. The molecule has 1 atom stereocenters. The quantitative estimate of drug-likeness (QED) is 0.641. The van der Waals surface area contributed by atoms with Crippen molar-refractivity contribution in [1.82, 2.24) is 10.2 Å². The number of carbonyl (C=O) groups is 1. The van der Waals surface area contributed by atoms with Crippen molar-refractivity contribution < 1.29 is 36.2 Å². The molecule has 2 rings (SSSR count). The highest BCUT2D eigenvalue weighted by molar-refractivity contribution is 5.85. The molecule has 160 valence electrons. The highest BCUT2D eigenvalue weighted by Gasteiger charge is 2.42. The molecule has 1 aromatic carbocycles. The summed E-state index contributed by atoms with van der Waals surface area (Å²) >= 11 is 0. The van der Waals surface area contributed by atoms with E-state index >= 15 is 0 Å². The fourth-order valence-corrected chi connectivity index (χ4v) is 2.79. The number of halogens is 6. The molecule has 1 N–H and O–H groups in total. The maximum Gasteiger partial charge on any atom is 0.340 e. The molecule has 0 aromatic heterocycles. The predicted octanol–water partition coefficient (Wildman–Crippen LogP) is 3.25. The molecule has 1 aromatic rings. The molecule has 1 amide bonds. The number of nitrogens with zero attached hydrogens (tertiary/aromatic N) is 1. The van der Waals surface area contributed by atoms with Crippen LogP contribution in [0.5, 0.6) is 11.5 Å². The van der Waals surface area contributed by atoms with Crippen LogP contribution in [0, 0.1) is 5.82 Å². The van der Waals surface area contributed by atoms with Gasteiger partial charge in [0.05, 0.1) is 13.2 Å². The molecular formula is C17H22ClF5N2O3. The van der Waals surface area contributed by atoms with Gasteiger partial charge in [-0.3, -0.25) is 9.69 Å². The van der Waals surface area contributed by atoms with Gasteiger partial charge in [0.2, 0.25) is 5.91 Å². The summed E-state index contributed by atoms with van der Waals surface area (Å²) in [7, 11) is 3.10. The second-order valence-electron chi connectivity index (χ2n) is 6.30. The summed E-state index contributed by atoms with van der Waals surface area (Å²) in [6.45, 7) is -0.906. The topological polar surface area (TPSA) is 50.8 Å². The third-order valence-corrected chi connectivity index (χ3v) is 4.35. The first-order valence-electron chi connectivity index (χ1n) is 8.29. The number of benzene rings is 1. The van der Waals surface area contributed by atoms with Gasteiger partial charge in [-0.2, -0.15) is 8.78 Å². The normalized spacial score (nSPS) is 17.4. The zero-order valence-corrected chi connectivity index (χ0v) is 16.1. The lowest BCUT2D eigenvalue weighted by Gasteiger charge is -2.20. The van der Waals surface area contributed by atoms with Crippen molar-refractivity contribution in [3.8, 4) is 11.5 Å². The molecule has 0 bridgehead atoms. The Hall–Kier alpha value is -1.81. The van der Waals surface area contributed by atoms with Crippen LogP contribution in [0.25, 0.3) is 0 Å². The van der Waals surface area contributed by atoms with Crippen molar-refractivity contribution in [1.29, 1.82) is 0 Å². The van der Waals surface area contributed by atoms with Crippen LogP contribution in [0.2, 0.25) is 0 Å². The number of likely N-dealkylation sites (N-methyl/N-ethyl adjacent to an activating group) is 1. The van der Waals surface area contributed by atoms with Gasteiger partial charge in [0.1, 0.15) is 5.75 Å². The fraction of sp³-hybridized carbons (Fsp3) is 0.588.